The van der Waals surface area contributed by atoms with Gasteiger partial charge in [0.05, 0.1) is 11.4 Å². The minimum absolute atomic E-state index is 0. The summed E-state index contributed by atoms with van der Waals surface area (Å²) in [6.45, 7) is 1.78. The average molecular weight is 284 g/mol. The predicted octanol–water partition coefficient (Wildman–Crippen LogP) is 3.62. The highest BCUT2D eigenvalue weighted by Crippen LogP contribution is 2.15. The number of pyridine rings is 1. The molecule has 0 unspecified atom stereocenters. The van der Waals surface area contributed by atoms with E-state index in [1.165, 1.54) is 12.1 Å². The molecule has 1 aromatic carbocycles. The molecular weight excluding hydrogens is 272 g/mol. The number of halogens is 3. The van der Waals surface area contributed by atoms with Gasteiger partial charge in [0, 0.05) is 24.0 Å². The minimum atomic E-state index is -0.679. The number of rotatable bonds is 3. The summed E-state index contributed by atoms with van der Waals surface area (Å²) in [5, 5.41) is 4.03. The highest BCUT2D eigenvalue weighted by molar-refractivity contribution is 5.98. The molecule has 0 atom stereocenters. The van der Waals surface area contributed by atoms with Gasteiger partial charge >= 0.3 is 0 Å². The summed E-state index contributed by atoms with van der Waals surface area (Å²) in [7, 11) is 0. The fourth-order valence-corrected chi connectivity index (χ4v) is 1.38. The zero-order chi connectivity index (χ0) is 13.0. The smallest absolute Gasteiger partial charge is 0.151 e. The lowest BCUT2D eigenvalue weighted by atomic mass is 10.2. The molecule has 1 heterocycles. The molecule has 0 aliphatic rings. The van der Waals surface area contributed by atoms with Crippen LogP contribution >= 0.6 is 12.4 Å². The van der Waals surface area contributed by atoms with Crippen LogP contribution in [0.25, 0.3) is 0 Å². The van der Waals surface area contributed by atoms with E-state index < -0.39 is 11.6 Å². The molecule has 2 aromatic rings. The SMILES string of the molecule is CC(=NNc1ccc(F)cc1F)c1ccncc1.Cl. The quantitative estimate of drug-likeness (QED) is 0.690. The first kappa shape index (κ1) is 15.0. The first-order valence-corrected chi connectivity index (χ1v) is 5.32. The van der Waals surface area contributed by atoms with Crippen molar-refractivity contribution in [1.29, 1.82) is 0 Å². The minimum Gasteiger partial charge on any atom is -0.275 e. The second kappa shape index (κ2) is 6.80. The topological polar surface area (TPSA) is 37.3 Å². The number of nitrogens with zero attached hydrogens (tertiary/aromatic N) is 2. The fourth-order valence-electron chi connectivity index (χ4n) is 1.38. The van der Waals surface area contributed by atoms with Crippen molar-refractivity contribution in [3.05, 3.63) is 59.9 Å². The first-order valence-electron chi connectivity index (χ1n) is 5.32. The van der Waals surface area contributed by atoms with E-state index in [1.54, 1.807) is 31.5 Å². The normalized spacial score (nSPS) is 10.8. The standard InChI is InChI=1S/C13H11F2N3.ClH/c1-9(10-4-6-16-7-5-10)17-18-13-3-2-11(14)8-12(13)15;/h2-8,18H,1H3;1H. The molecule has 0 fully saturated rings. The average Bonchev–Trinajstić information content (AvgIpc) is 2.38. The molecule has 1 N–H and O–H groups in total. The van der Waals surface area contributed by atoms with Crippen LogP contribution in [0.4, 0.5) is 14.5 Å². The third-order valence-corrected chi connectivity index (χ3v) is 2.37. The van der Waals surface area contributed by atoms with Crippen molar-refractivity contribution in [3.8, 4) is 0 Å². The molecule has 0 radical (unpaired) electrons. The maximum absolute atomic E-state index is 13.3. The van der Waals surface area contributed by atoms with Gasteiger partial charge in [-0.25, -0.2) is 8.78 Å². The van der Waals surface area contributed by atoms with Gasteiger partial charge in [0.15, 0.2) is 5.82 Å². The number of hydrogen-bond acceptors (Lipinski definition) is 3. The zero-order valence-electron chi connectivity index (χ0n) is 10.1. The lowest BCUT2D eigenvalue weighted by Gasteiger charge is -2.04. The van der Waals surface area contributed by atoms with Crippen molar-refractivity contribution >= 4 is 23.8 Å². The number of anilines is 1. The molecule has 6 heteroatoms. The number of aromatic nitrogens is 1. The van der Waals surface area contributed by atoms with Crippen molar-refractivity contribution < 1.29 is 8.78 Å². The van der Waals surface area contributed by atoms with Crippen LogP contribution in [0.5, 0.6) is 0 Å². The Hall–Kier alpha value is -2.01. The third kappa shape index (κ3) is 3.99. The Morgan fingerprint density at radius 2 is 1.84 bits per heavy atom. The Bertz CT molecular complexity index is 573. The van der Waals surface area contributed by atoms with Crippen LogP contribution in [-0.2, 0) is 0 Å². The molecule has 0 saturated heterocycles. The summed E-state index contributed by atoms with van der Waals surface area (Å²) in [5.41, 5.74) is 4.25. The van der Waals surface area contributed by atoms with Crippen LogP contribution in [-0.4, -0.2) is 10.7 Å². The summed E-state index contributed by atoms with van der Waals surface area (Å²) in [6.07, 6.45) is 3.29. The fraction of sp³-hybridized carbons (Fsp3) is 0.0769. The van der Waals surface area contributed by atoms with E-state index in [2.05, 4.69) is 15.5 Å². The molecule has 0 amide bonds. The van der Waals surface area contributed by atoms with Crippen LogP contribution in [0.15, 0.2) is 47.8 Å². The maximum Gasteiger partial charge on any atom is 0.151 e. The Morgan fingerprint density at radius 1 is 1.16 bits per heavy atom. The van der Waals surface area contributed by atoms with E-state index in [4.69, 9.17) is 0 Å². The molecule has 0 aliphatic carbocycles. The monoisotopic (exact) mass is 283 g/mol. The van der Waals surface area contributed by atoms with Crippen LogP contribution < -0.4 is 5.43 Å². The van der Waals surface area contributed by atoms with Gasteiger partial charge in [-0.1, -0.05) is 0 Å². The van der Waals surface area contributed by atoms with Gasteiger partial charge in [-0.05, 0) is 31.2 Å². The van der Waals surface area contributed by atoms with Gasteiger partial charge in [0.1, 0.15) is 5.82 Å². The molecule has 3 nitrogen and oxygen atoms in total. The molecule has 0 bridgehead atoms. The van der Waals surface area contributed by atoms with E-state index in [0.29, 0.717) is 5.71 Å². The molecule has 100 valence electrons. The summed E-state index contributed by atoms with van der Waals surface area (Å²) in [4.78, 5) is 3.89. The maximum atomic E-state index is 13.3. The molecule has 1 aromatic heterocycles. The van der Waals surface area contributed by atoms with Gasteiger partial charge in [-0.15, -0.1) is 12.4 Å². The van der Waals surface area contributed by atoms with Gasteiger partial charge < -0.3 is 0 Å². The third-order valence-electron chi connectivity index (χ3n) is 2.37. The van der Waals surface area contributed by atoms with Crippen molar-refractivity contribution in [1.82, 2.24) is 4.98 Å². The molecule has 0 saturated carbocycles. The lowest BCUT2D eigenvalue weighted by Crippen LogP contribution is -2.01. The molecule has 0 spiro atoms. The Balaban J connectivity index is 0.00000180. The summed E-state index contributed by atoms with van der Waals surface area (Å²) in [5.74, 6) is -1.30. The van der Waals surface area contributed by atoms with Crippen LogP contribution in [0.2, 0.25) is 0 Å². The Kier molecular flexibility index (Phi) is 5.38. The van der Waals surface area contributed by atoms with Crippen molar-refractivity contribution in [2.75, 3.05) is 5.43 Å². The molecule has 19 heavy (non-hydrogen) atoms. The number of nitrogens with one attached hydrogen (secondary N) is 1. The number of hydrazone groups is 1. The van der Waals surface area contributed by atoms with Crippen LogP contribution in [0.1, 0.15) is 12.5 Å². The van der Waals surface area contributed by atoms with E-state index in [9.17, 15) is 8.78 Å². The van der Waals surface area contributed by atoms with E-state index in [0.717, 1.165) is 11.6 Å². The summed E-state index contributed by atoms with van der Waals surface area (Å²) < 4.78 is 26.0. The van der Waals surface area contributed by atoms with E-state index in [1.807, 2.05) is 0 Å². The highest BCUT2D eigenvalue weighted by Gasteiger charge is 2.02. The van der Waals surface area contributed by atoms with Gasteiger partial charge in [0.25, 0.3) is 0 Å². The molecule has 2 rings (SSSR count). The summed E-state index contributed by atoms with van der Waals surface area (Å²) in [6, 6.07) is 6.86. The Morgan fingerprint density at radius 3 is 2.47 bits per heavy atom. The van der Waals surface area contributed by atoms with Crippen molar-refractivity contribution in [2.45, 2.75) is 6.92 Å². The second-order valence-electron chi connectivity index (χ2n) is 3.67. The largest absolute Gasteiger partial charge is 0.275 e. The number of hydrogen-bond donors (Lipinski definition) is 1. The second-order valence-corrected chi connectivity index (χ2v) is 3.67. The van der Waals surface area contributed by atoms with Crippen LogP contribution in [0.3, 0.4) is 0 Å². The van der Waals surface area contributed by atoms with E-state index >= 15 is 0 Å². The van der Waals surface area contributed by atoms with Gasteiger partial charge in [-0.2, -0.15) is 5.10 Å². The van der Waals surface area contributed by atoms with Crippen LogP contribution in [0, 0.1) is 11.6 Å². The van der Waals surface area contributed by atoms with E-state index in [-0.39, 0.29) is 18.1 Å². The van der Waals surface area contributed by atoms with Gasteiger partial charge in [-0.3, -0.25) is 10.4 Å². The zero-order valence-corrected chi connectivity index (χ0v) is 10.9. The molecular formula is C13H12ClF2N3. The first-order chi connectivity index (χ1) is 8.66. The number of benzene rings is 1. The Labute approximate surface area is 115 Å². The van der Waals surface area contributed by atoms with Gasteiger partial charge in [0.2, 0.25) is 0 Å². The molecule has 0 aliphatic heterocycles. The summed E-state index contributed by atoms with van der Waals surface area (Å²) >= 11 is 0. The van der Waals surface area contributed by atoms with Crippen molar-refractivity contribution in [3.63, 3.8) is 0 Å². The lowest BCUT2D eigenvalue weighted by molar-refractivity contribution is 0.585. The highest BCUT2D eigenvalue weighted by atomic mass is 35.5. The van der Waals surface area contributed by atoms with Crippen molar-refractivity contribution in [2.24, 2.45) is 5.10 Å². The predicted molar refractivity (Wildman–Crippen MR) is 73.7 cm³/mol.